The highest BCUT2D eigenvalue weighted by atomic mass is 16.1. The normalized spacial score (nSPS) is 17.8. The predicted molar refractivity (Wildman–Crippen MR) is 82.9 cm³/mol. The zero-order valence-corrected chi connectivity index (χ0v) is 11.9. The van der Waals surface area contributed by atoms with Gasteiger partial charge >= 0.3 is 0 Å². The average Bonchev–Trinajstić information content (AvgIpc) is 3.19. The first kappa shape index (κ1) is 13.8. The molecule has 2 aromatic rings. The summed E-state index contributed by atoms with van der Waals surface area (Å²) in [5.74, 6) is 0.745. The van der Waals surface area contributed by atoms with Crippen LogP contribution in [0.1, 0.15) is 19.3 Å². The molecule has 3 N–H and O–H groups in total. The van der Waals surface area contributed by atoms with E-state index in [1.54, 1.807) is 12.5 Å². The molecule has 1 aliphatic heterocycles. The molecule has 3 rings (SSSR count). The summed E-state index contributed by atoms with van der Waals surface area (Å²) in [7, 11) is 0. The maximum absolute atomic E-state index is 11.9. The SMILES string of the molecule is O=C(CCC1CCNC1)Nc1ccc(-c2cnc[nH]2)cc1. The molecule has 1 amide bonds. The second-order valence-electron chi connectivity index (χ2n) is 5.49. The first-order chi connectivity index (χ1) is 10.3. The number of rotatable bonds is 5. The van der Waals surface area contributed by atoms with Crippen molar-refractivity contribution in [1.82, 2.24) is 15.3 Å². The quantitative estimate of drug-likeness (QED) is 0.789. The predicted octanol–water partition coefficient (Wildman–Crippen LogP) is 2.40. The average molecular weight is 284 g/mol. The van der Waals surface area contributed by atoms with Crippen LogP contribution in [-0.4, -0.2) is 29.0 Å². The van der Waals surface area contributed by atoms with Gasteiger partial charge in [-0.15, -0.1) is 0 Å². The molecule has 1 fully saturated rings. The van der Waals surface area contributed by atoms with Crippen molar-refractivity contribution in [2.24, 2.45) is 5.92 Å². The van der Waals surface area contributed by atoms with E-state index in [-0.39, 0.29) is 5.91 Å². The molecule has 1 aliphatic rings. The molecule has 0 spiro atoms. The van der Waals surface area contributed by atoms with Gasteiger partial charge in [-0.2, -0.15) is 0 Å². The van der Waals surface area contributed by atoms with E-state index in [2.05, 4.69) is 20.6 Å². The van der Waals surface area contributed by atoms with Crippen LogP contribution in [0.2, 0.25) is 0 Å². The molecule has 2 heterocycles. The summed E-state index contributed by atoms with van der Waals surface area (Å²) in [6, 6.07) is 7.80. The van der Waals surface area contributed by atoms with Gasteiger partial charge in [0.05, 0.1) is 18.2 Å². The largest absolute Gasteiger partial charge is 0.345 e. The number of benzene rings is 1. The lowest BCUT2D eigenvalue weighted by Crippen LogP contribution is -2.14. The molecule has 21 heavy (non-hydrogen) atoms. The Bertz CT molecular complexity index is 571. The molecule has 0 saturated carbocycles. The van der Waals surface area contributed by atoms with E-state index in [1.807, 2.05) is 24.3 Å². The second kappa shape index (κ2) is 6.54. The highest BCUT2D eigenvalue weighted by Crippen LogP contribution is 2.19. The number of anilines is 1. The number of nitrogens with zero attached hydrogens (tertiary/aromatic N) is 1. The second-order valence-corrected chi connectivity index (χ2v) is 5.49. The van der Waals surface area contributed by atoms with Crippen molar-refractivity contribution in [3.05, 3.63) is 36.8 Å². The van der Waals surface area contributed by atoms with Gasteiger partial charge in [-0.1, -0.05) is 12.1 Å². The van der Waals surface area contributed by atoms with Gasteiger partial charge in [0.15, 0.2) is 0 Å². The Morgan fingerprint density at radius 2 is 2.19 bits per heavy atom. The summed E-state index contributed by atoms with van der Waals surface area (Å²) in [5.41, 5.74) is 2.87. The number of aromatic amines is 1. The number of H-pyrrole nitrogens is 1. The van der Waals surface area contributed by atoms with Crippen LogP contribution in [0.3, 0.4) is 0 Å². The van der Waals surface area contributed by atoms with Gasteiger partial charge in [0, 0.05) is 12.1 Å². The molecule has 1 saturated heterocycles. The fourth-order valence-electron chi connectivity index (χ4n) is 2.67. The summed E-state index contributed by atoms with van der Waals surface area (Å²) in [5, 5.41) is 6.28. The molecule has 1 aromatic heterocycles. The third kappa shape index (κ3) is 3.70. The number of aromatic nitrogens is 2. The molecule has 0 aliphatic carbocycles. The Kier molecular flexibility index (Phi) is 4.31. The number of hydrogen-bond acceptors (Lipinski definition) is 3. The first-order valence-electron chi connectivity index (χ1n) is 7.40. The standard InChI is InChI=1S/C16H20N4O/c21-16(6-1-12-7-8-17-9-12)20-14-4-2-13(3-5-14)15-10-18-11-19-15/h2-5,10-12,17H,1,6-9H2,(H,18,19)(H,20,21). The molecular weight excluding hydrogens is 264 g/mol. The molecule has 1 unspecified atom stereocenters. The van der Waals surface area contributed by atoms with E-state index < -0.39 is 0 Å². The molecule has 0 radical (unpaired) electrons. The van der Waals surface area contributed by atoms with Crippen LogP contribution >= 0.6 is 0 Å². The number of carbonyl (C=O) groups excluding carboxylic acids is 1. The zero-order valence-electron chi connectivity index (χ0n) is 11.9. The number of nitrogens with one attached hydrogen (secondary N) is 3. The van der Waals surface area contributed by atoms with E-state index in [4.69, 9.17) is 0 Å². The van der Waals surface area contributed by atoms with Gasteiger partial charge in [0.2, 0.25) is 5.91 Å². The highest BCUT2D eigenvalue weighted by molar-refractivity contribution is 5.90. The van der Waals surface area contributed by atoms with Crippen molar-refractivity contribution in [2.75, 3.05) is 18.4 Å². The van der Waals surface area contributed by atoms with Crippen molar-refractivity contribution >= 4 is 11.6 Å². The number of amides is 1. The fourth-order valence-corrected chi connectivity index (χ4v) is 2.67. The molecule has 1 atom stereocenters. The molecule has 5 nitrogen and oxygen atoms in total. The van der Waals surface area contributed by atoms with E-state index >= 15 is 0 Å². The third-order valence-corrected chi connectivity index (χ3v) is 3.92. The minimum atomic E-state index is 0.0937. The van der Waals surface area contributed by atoms with E-state index in [0.29, 0.717) is 12.3 Å². The molecule has 1 aromatic carbocycles. The fraction of sp³-hybridized carbons (Fsp3) is 0.375. The van der Waals surface area contributed by atoms with Gasteiger partial charge in [-0.05, 0) is 49.5 Å². The minimum absolute atomic E-state index is 0.0937. The molecule has 110 valence electrons. The van der Waals surface area contributed by atoms with Gasteiger partial charge in [0.25, 0.3) is 0 Å². The number of hydrogen-bond donors (Lipinski definition) is 3. The van der Waals surface area contributed by atoms with Crippen LogP contribution in [0.4, 0.5) is 5.69 Å². The van der Waals surface area contributed by atoms with E-state index in [1.165, 1.54) is 6.42 Å². The van der Waals surface area contributed by atoms with Gasteiger partial charge in [-0.25, -0.2) is 4.98 Å². The lowest BCUT2D eigenvalue weighted by Gasteiger charge is -2.09. The Morgan fingerprint density at radius 1 is 1.33 bits per heavy atom. The van der Waals surface area contributed by atoms with E-state index in [9.17, 15) is 4.79 Å². The van der Waals surface area contributed by atoms with Crippen LogP contribution in [0, 0.1) is 5.92 Å². The van der Waals surface area contributed by atoms with Crippen LogP contribution in [-0.2, 0) is 4.79 Å². The van der Waals surface area contributed by atoms with Crippen LogP contribution in [0.5, 0.6) is 0 Å². The van der Waals surface area contributed by atoms with Crippen LogP contribution in [0.15, 0.2) is 36.8 Å². The maximum Gasteiger partial charge on any atom is 0.224 e. The third-order valence-electron chi connectivity index (χ3n) is 3.92. The van der Waals surface area contributed by atoms with Crippen LogP contribution in [0.25, 0.3) is 11.3 Å². The highest BCUT2D eigenvalue weighted by Gasteiger charge is 2.15. The lowest BCUT2D eigenvalue weighted by molar-refractivity contribution is -0.116. The Morgan fingerprint density at radius 3 is 2.86 bits per heavy atom. The van der Waals surface area contributed by atoms with Crippen LogP contribution < -0.4 is 10.6 Å². The number of imidazole rings is 1. The van der Waals surface area contributed by atoms with Crippen molar-refractivity contribution in [2.45, 2.75) is 19.3 Å². The Labute approximate surface area is 124 Å². The summed E-state index contributed by atoms with van der Waals surface area (Å²) in [4.78, 5) is 19.0. The van der Waals surface area contributed by atoms with Gasteiger partial charge in [-0.3, -0.25) is 4.79 Å². The van der Waals surface area contributed by atoms with Gasteiger partial charge < -0.3 is 15.6 Å². The smallest absolute Gasteiger partial charge is 0.224 e. The molecule has 0 bridgehead atoms. The topological polar surface area (TPSA) is 69.8 Å². The van der Waals surface area contributed by atoms with Crippen molar-refractivity contribution < 1.29 is 4.79 Å². The monoisotopic (exact) mass is 284 g/mol. The summed E-state index contributed by atoms with van der Waals surface area (Å²) < 4.78 is 0. The maximum atomic E-state index is 11.9. The Hall–Kier alpha value is -2.14. The summed E-state index contributed by atoms with van der Waals surface area (Å²) >= 11 is 0. The van der Waals surface area contributed by atoms with E-state index in [0.717, 1.165) is 36.5 Å². The molecule has 5 heteroatoms. The number of carbonyl (C=O) groups is 1. The van der Waals surface area contributed by atoms with Crippen molar-refractivity contribution in [3.8, 4) is 11.3 Å². The first-order valence-corrected chi connectivity index (χ1v) is 7.40. The van der Waals surface area contributed by atoms with Gasteiger partial charge in [0.1, 0.15) is 0 Å². The molecular formula is C16H20N4O. The minimum Gasteiger partial charge on any atom is -0.345 e. The summed E-state index contributed by atoms with van der Waals surface area (Å²) in [6.45, 7) is 2.13. The zero-order chi connectivity index (χ0) is 14.5. The van der Waals surface area contributed by atoms with Crippen molar-refractivity contribution in [3.63, 3.8) is 0 Å². The lowest BCUT2D eigenvalue weighted by atomic mass is 10.0. The summed E-state index contributed by atoms with van der Waals surface area (Å²) in [6.07, 6.45) is 6.18. The van der Waals surface area contributed by atoms with Crippen molar-refractivity contribution in [1.29, 1.82) is 0 Å². The Balaban J connectivity index is 1.51.